The van der Waals surface area contributed by atoms with Gasteiger partial charge in [0.15, 0.2) is 5.17 Å². The fraction of sp³-hybridized carbons (Fsp3) is 0.316. The first kappa shape index (κ1) is 17.5. The number of thioether (sulfide) groups is 1. The summed E-state index contributed by atoms with van der Waals surface area (Å²) in [6.45, 7) is 10.8. The Labute approximate surface area is 142 Å². The standard InChI is InChI=1S/C19H23FN2S/c1-11-12(2)14(4)18(15(5)13(11)3)10-23-19(21)22-17-8-6-16(20)7-9-17/h6-9H,10H2,1-5H3,(H2,21,22). The van der Waals surface area contributed by atoms with Gasteiger partial charge in [-0.05, 0) is 92.3 Å². The molecule has 0 aliphatic heterocycles. The zero-order chi connectivity index (χ0) is 17.1. The van der Waals surface area contributed by atoms with Crippen LogP contribution in [0.3, 0.4) is 0 Å². The van der Waals surface area contributed by atoms with E-state index in [1.54, 1.807) is 12.1 Å². The Balaban J connectivity index is 2.19. The summed E-state index contributed by atoms with van der Waals surface area (Å²) >= 11 is 1.51. The maximum absolute atomic E-state index is 12.9. The monoisotopic (exact) mass is 330 g/mol. The SMILES string of the molecule is Cc1c(C)c(C)c(CSC(N)=Nc2ccc(F)cc2)c(C)c1C. The number of benzene rings is 2. The number of rotatable bonds is 3. The topological polar surface area (TPSA) is 38.4 Å². The molecule has 2 nitrogen and oxygen atoms in total. The highest BCUT2D eigenvalue weighted by Gasteiger charge is 2.12. The molecular formula is C19H23FN2S. The molecule has 0 unspecified atom stereocenters. The van der Waals surface area contributed by atoms with E-state index in [1.807, 2.05) is 0 Å². The average Bonchev–Trinajstić information content (AvgIpc) is 2.53. The van der Waals surface area contributed by atoms with E-state index < -0.39 is 0 Å². The van der Waals surface area contributed by atoms with Crippen LogP contribution < -0.4 is 5.73 Å². The molecule has 0 amide bonds. The van der Waals surface area contributed by atoms with Gasteiger partial charge in [-0.2, -0.15) is 0 Å². The molecule has 4 heteroatoms. The summed E-state index contributed by atoms with van der Waals surface area (Å²) in [7, 11) is 0. The molecule has 0 bridgehead atoms. The molecular weight excluding hydrogens is 307 g/mol. The van der Waals surface area contributed by atoms with Crippen LogP contribution in [-0.2, 0) is 5.75 Å². The Hall–Kier alpha value is -1.81. The third-order valence-electron chi connectivity index (χ3n) is 4.59. The molecule has 122 valence electrons. The van der Waals surface area contributed by atoms with Crippen LogP contribution in [0.5, 0.6) is 0 Å². The van der Waals surface area contributed by atoms with Crippen LogP contribution in [0.15, 0.2) is 29.3 Å². The third kappa shape index (κ3) is 3.94. The van der Waals surface area contributed by atoms with Crippen molar-refractivity contribution in [3.05, 3.63) is 63.5 Å². The minimum absolute atomic E-state index is 0.271. The number of nitrogens with two attached hydrogens (primary N) is 1. The van der Waals surface area contributed by atoms with Crippen LogP contribution in [0.4, 0.5) is 10.1 Å². The van der Waals surface area contributed by atoms with E-state index >= 15 is 0 Å². The Morgan fingerprint density at radius 1 is 0.913 bits per heavy atom. The van der Waals surface area contributed by atoms with Crippen molar-refractivity contribution in [1.29, 1.82) is 0 Å². The summed E-state index contributed by atoms with van der Waals surface area (Å²) in [6, 6.07) is 6.02. The Kier molecular flexibility index (Phi) is 5.47. The zero-order valence-corrected chi connectivity index (χ0v) is 15.1. The van der Waals surface area contributed by atoms with Gasteiger partial charge in [-0.15, -0.1) is 0 Å². The second-order valence-corrected chi connectivity index (χ2v) is 6.81. The van der Waals surface area contributed by atoms with Crippen LogP contribution in [-0.4, -0.2) is 5.17 Å². The predicted molar refractivity (Wildman–Crippen MR) is 99.1 cm³/mol. The lowest BCUT2D eigenvalue weighted by Crippen LogP contribution is -2.08. The maximum Gasteiger partial charge on any atom is 0.159 e. The first-order chi connectivity index (χ1) is 10.8. The molecule has 23 heavy (non-hydrogen) atoms. The fourth-order valence-electron chi connectivity index (χ4n) is 2.62. The Bertz CT molecular complexity index is 720. The van der Waals surface area contributed by atoms with Gasteiger partial charge in [0.1, 0.15) is 5.82 Å². The quantitative estimate of drug-likeness (QED) is 0.617. The highest BCUT2D eigenvalue weighted by Crippen LogP contribution is 2.29. The molecule has 0 fully saturated rings. The molecule has 0 aliphatic carbocycles. The highest BCUT2D eigenvalue weighted by molar-refractivity contribution is 8.13. The lowest BCUT2D eigenvalue weighted by molar-refractivity contribution is 0.628. The molecule has 0 spiro atoms. The summed E-state index contributed by atoms with van der Waals surface area (Å²) < 4.78 is 12.9. The van der Waals surface area contributed by atoms with Gasteiger partial charge >= 0.3 is 0 Å². The van der Waals surface area contributed by atoms with Crippen molar-refractivity contribution in [2.45, 2.75) is 40.4 Å². The smallest absolute Gasteiger partial charge is 0.159 e. The molecule has 0 saturated carbocycles. The minimum Gasteiger partial charge on any atom is -0.378 e. The number of nitrogens with zero attached hydrogens (tertiary/aromatic N) is 1. The second kappa shape index (κ2) is 7.18. The first-order valence-electron chi connectivity index (χ1n) is 7.59. The van der Waals surface area contributed by atoms with Crippen LogP contribution in [0.25, 0.3) is 0 Å². The normalized spacial score (nSPS) is 11.8. The number of hydrogen-bond donors (Lipinski definition) is 1. The molecule has 0 saturated heterocycles. The van der Waals surface area contributed by atoms with Crippen LogP contribution in [0, 0.1) is 40.4 Å². The summed E-state index contributed by atoms with van der Waals surface area (Å²) in [4.78, 5) is 4.33. The van der Waals surface area contributed by atoms with Crippen LogP contribution in [0.1, 0.15) is 33.4 Å². The number of hydrogen-bond acceptors (Lipinski definition) is 2. The van der Waals surface area contributed by atoms with Crippen molar-refractivity contribution < 1.29 is 4.39 Å². The van der Waals surface area contributed by atoms with E-state index in [0.717, 1.165) is 5.75 Å². The predicted octanol–water partition coefficient (Wildman–Crippen LogP) is 5.25. The summed E-state index contributed by atoms with van der Waals surface area (Å²) in [5, 5.41) is 0.492. The molecule has 0 heterocycles. The van der Waals surface area contributed by atoms with Gasteiger partial charge in [0.2, 0.25) is 0 Å². The molecule has 0 atom stereocenters. The maximum atomic E-state index is 12.9. The van der Waals surface area contributed by atoms with Crippen molar-refractivity contribution >= 4 is 22.6 Å². The van der Waals surface area contributed by atoms with Gasteiger partial charge in [0, 0.05) is 5.75 Å². The van der Waals surface area contributed by atoms with Crippen molar-refractivity contribution in [3.8, 4) is 0 Å². The zero-order valence-electron chi connectivity index (χ0n) is 14.3. The van der Waals surface area contributed by atoms with Crippen molar-refractivity contribution in [3.63, 3.8) is 0 Å². The van der Waals surface area contributed by atoms with Gasteiger partial charge in [-0.25, -0.2) is 9.38 Å². The molecule has 2 N–H and O–H groups in total. The summed E-state index contributed by atoms with van der Waals surface area (Å²) in [5.74, 6) is 0.517. The summed E-state index contributed by atoms with van der Waals surface area (Å²) in [5.41, 5.74) is 14.7. The average molecular weight is 330 g/mol. The van der Waals surface area contributed by atoms with Gasteiger partial charge in [-0.1, -0.05) is 11.8 Å². The summed E-state index contributed by atoms with van der Waals surface area (Å²) in [6.07, 6.45) is 0. The minimum atomic E-state index is -0.271. The van der Waals surface area contributed by atoms with Crippen molar-refractivity contribution in [2.24, 2.45) is 10.7 Å². The van der Waals surface area contributed by atoms with Gasteiger partial charge in [0.25, 0.3) is 0 Å². The van der Waals surface area contributed by atoms with E-state index in [9.17, 15) is 4.39 Å². The Morgan fingerprint density at radius 3 is 1.91 bits per heavy atom. The molecule has 0 radical (unpaired) electrons. The van der Waals surface area contributed by atoms with Crippen LogP contribution >= 0.6 is 11.8 Å². The third-order valence-corrected chi connectivity index (χ3v) is 5.41. The van der Waals surface area contributed by atoms with E-state index in [2.05, 4.69) is 39.6 Å². The van der Waals surface area contributed by atoms with E-state index in [1.165, 1.54) is 57.3 Å². The van der Waals surface area contributed by atoms with E-state index in [4.69, 9.17) is 5.73 Å². The molecule has 2 rings (SSSR count). The Morgan fingerprint density at radius 2 is 1.39 bits per heavy atom. The lowest BCUT2D eigenvalue weighted by atomic mass is 9.90. The second-order valence-electron chi connectivity index (χ2n) is 5.82. The number of aliphatic imine (C=N–C) groups is 1. The van der Waals surface area contributed by atoms with Gasteiger partial charge < -0.3 is 5.73 Å². The van der Waals surface area contributed by atoms with Crippen molar-refractivity contribution in [2.75, 3.05) is 0 Å². The van der Waals surface area contributed by atoms with Gasteiger partial charge in [-0.3, -0.25) is 0 Å². The molecule has 0 aliphatic rings. The largest absolute Gasteiger partial charge is 0.378 e. The molecule has 0 aromatic heterocycles. The molecule has 2 aromatic rings. The van der Waals surface area contributed by atoms with E-state index in [-0.39, 0.29) is 5.82 Å². The molecule has 2 aromatic carbocycles. The van der Waals surface area contributed by atoms with Gasteiger partial charge in [0.05, 0.1) is 5.69 Å². The number of amidine groups is 1. The van der Waals surface area contributed by atoms with E-state index in [0.29, 0.717) is 10.9 Å². The van der Waals surface area contributed by atoms with Crippen molar-refractivity contribution in [1.82, 2.24) is 0 Å². The first-order valence-corrected chi connectivity index (χ1v) is 8.58. The fourth-order valence-corrected chi connectivity index (χ4v) is 3.51. The lowest BCUT2D eigenvalue weighted by Gasteiger charge is -2.18. The highest BCUT2D eigenvalue weighted by atomic mass is 32.2. The number of halogens is 1. The van der Waals surface area contributed by atoms with Crippen LogP contribution in [0.2, 0.25) is 0 Å².